The SMILES string of the molecule is C1CCC(NC2CCCSC2)CC1. The van der Waals surface area contributed by atoms with Crippen molar-refractivity contribution < 1.29 is 0 Å². The first-order chi connectivity index (χ1) is 6.45. The van der Waals surface area contributed by atoms with E-state index in [2.05, 4.69) is 17.1 Å². The topological polar surface area (TPSA) is 12.0 Å². The first-order valence-electron chi connectivity index (χ1n) is 5.79. The molecule has 1 N–H and O–H groups in total. The Bertz CT molecular complexity index is 121. The lowest BCUT2D eigenvalue weighted by atomic mass is 9.94. The molecule has 2 fully saturated rings. The van der Waals surface area contributed by atoms with Crippen LogP contribution in [0.3, 0.4) is 0 Å². The Morgan fingerprint density at radius 3 is 2.31 bits per heavy atom. The molecule has 0 amide bonds. The van der Waals surface area contributed by atoms with Crippen molar-refractivity contribution >= 4 is 11.8 Å². The zero-order valence-corrected chi connectivity index (χ0v) is 9.24. The summed E-state index contributed by atoms with van der Waals surface area (Å²) in [5.74, 6) is 2.75. The van der Waals surface area contributed by atoms with E-state index in [1.165, 1.54) is 56.5 Å². The normalized spacial score (nSPS) is 31.8. The summed E-state index contributed by atoms with van der Waals surface area (Å²) in [4.78, 5) is 0. The predicted octanol–water partition coefficient (Wildman–Crippen LogP) is 2.80. The Morgan fingerprint density at radius 2 is 1.62 bits per heavy atom. The fraction of sp³-hybridized carbons (Fsp3) is 1.00. The van der Waals surface area contributed by atoms with E-state index >= 15 is 0 Å². The van der Waals surface area contributed by atoms with Crippen LogP contribution in [0.25, 0.3) is 0 Å². The Balaban J connectivity index is 1.69. The molecule has 2 rings (SSSR count). The van der Waals surface area contributed by atoms with Crippen LogP contribution in [0.4, 0.5) is 0 Å². The molecule has 76 valence electrons. The second kappa shape index (κ2) is 5.26. The molecule has 0 aromatic rings. The molecule has 1 saturated carbocycles. The van der Waals surface area contributed by atoms with E-state index in [9.17, 15) is 0 Å². The highest BCUT2D eigenvalue weighted by atomic mass is 32.2. The van der Waals surface area contributed by atoms with Gasteiger partial charge in [0, 0.05) is 17.8 Å². The van der Waals surface area contributed by atoms with Crippen molar-refractivity contribution in [3.05, 3.63) is 0 Å². The highest BCUT2D eigenvalue weighted by Gasteiger charge is 2.19. The quantitative estimate of drug-likeness (QED) is 0.734. The lowest BCUT2D eigenvalue weighted by Crippen LogP contribution is -2.42. The van der Waals surface area contributed by atoms with Crippen LogP contribution in [0.2, 0.25) is 0 Å². The van der Waals surface area contributed by atoms with Crippen LogP contribution in [0.5, 0.6) is 0 Å². The Hall–Kier alpha value is 0.310. The second-order valence-corrected chi connectivity index (χ2v) is 5.57. The summed E-state index contributed by atoms with van der Waals surface area (Å²) < 4.78 is 0. The minimum Gasteiger partial charge on any atom is -0.310 e. The van der Waals surface area contributed by atoms with Gasteiger partial charge in [-0.15, -0.1) is 0 Å². The zero-order chi connectivity index (χ0) is 8.93. The third-order valence-corrected chi connectivity index (χ3v) is 4.45. The molecule has 0 aromatic carbocycles. The molecule has 0 aromatic heterocycles. The number of nitrogens with one attached hydrogen (secondary N) is 1. The highest BCUT2D eigenvalue weighted by Crippen LogP contribution is 2.22. The van der Waals surface area contributed by atoms with Crippen LogP contribution in [0.15, 0.2) is 0 Å². The van der Waals surface area contributed by atoms with Gasteiger partial charge in [-0.25, -0.2) is 0 Å². The molecule has 0 spiro atoms. The van der Waals surface area contributed by atoms with Gasteiger partial charge in [-0.2, -0.15) is 11.8 Å². The molecule has 13 heavy (non-hydrogen) atoms. The van der Waals surface area contributed by atoms with E-state index in [0.717, 1.165) is 12.1 Å². The van der Waals surface area contributed by atoms with E-state index in [-0.39, 0.29) is 0 Å². The van der Waals surface area contributed by atoms with Gasteiger partial charge in [0.05, 0.1) is 0 Å². The van der Waals surface area contributed by atoms with E-state index < -0.39 is 0 Å². The van der Waals surface area contributed by atoms with Crippen molar-refractivity contribution in [1.29, 1.82) is 0 Å². The Labute approximate surface area is 86.0 Å². The van der Waals surface area contributed by atoms with Gasteiger partial charge in [0.15, 0.2) is 0 Å². The average Bonchev–Trinajstić information content (AvgIpc) is 2.21. The summed E-state index contributed by atoms with van der Waals surface area (Å²) in [5.41, 5.74) is 0. The first-order valence-corrected chi connectivity index (χ1v) is 6.94. The van der Waals surface area contributed by atoms with Crippen LogP contribution in [0.1, 0.15) is 44.9 Å². The van der Waals surface area contributed by atoms with E-state index in [1.54, 1.807) is 0 Å². The number of rotatable bonds is 2. The number of hydrogen-bond donors (Lipinski definition) is 1. The van der Waals surface area contributed by atoms with Crippen LogP contribution in [0, 0.1) is 0 Å². The fourth-order valence-electron chi connectivity index (χ4n) is 2.47. The minimum atomic E-state index is 0.835. The van der Waals surface area contributed by atoms with Crippen LogP contribution < -0.4 is 5.32 Å². The van der Waals surface area contributed by atoms with Crippen molar-refractivity contribution in [1.82, 2.24) is 5.32 Å². The molecule has 1 heterocycles. The van der Waals surface area contributed by atoms with E-state index in [0.29, 0.717) is 0 Å². The molecule has 0 bridgehead atoms. The van der Waals surface area contributed by atoms with Gasteiger partial charge in [-0.05, 0) is 31.4 Å². The summed E-state index contributed by atoms with van der Waals surface area (Å²) in [5, 5.41) is 3.84. The number of thioether (sulfide) groups is 1. The standard InChI is InChI=1S/C11H21NS/c1-2-5-10(6-3-1)12-11-7-4-8-13-9-11/h10-12H,1-9H2. The largest absolute Gasteiger partial charge is 0.310 e. The van der Waals surface area contributed by atoms with Crippen molar-refractivity contribution in [2.45, 2.75) is 57.0 Å². The second-order valence-electron chi connectivity index (χ2n) is 4.42. The highest BCUT2D eigenvalue weighted by molar-refractivity contribution is 7.99. The maximum atomic E-state index is 3.84. The molecule has 0 radical (unpaired) electrons. The lowest BCUT2D eigenvalue weighted by Gasteiger charge is -2.30. The minimum absolute atomic E-state index is 0.835. The van der Waals surface area contributed by atoms with Gasteiger partial charge in [0.25, 0.3) is 0 Å². The van der Waals surface area contributed by atoms with Crippen molar-refractivity contribution in [3.63, 3.8) is 0 Å². The summed E-state index contributed by atoms with van der Waals surface area (Å²) in [7, 11) is 0. The van der Waals surface area contributed by atoms with Gasteiger partial charge in [0.2, 0.25) is 0 Å². The zero-order valence-electron chi connectivity index (χ0n) is 8.43. The summed E-state index contributed by atoms with van der Waals surface area (Å²) in [6, 6.07) is 1.69. The summed E-state index contributed by atoms with van der Waals surface area (Å²) >= 11 is 2.13. The Morgan fingerprint density at radius 1 is 0.846 bits per heavy atom. The molecular weight excluding hydrogens is 178 g/mol. The van der Waals surface area contributed by atoms with E-state index in [4.69, 9.17) is 0 Å². The first kappa shape index (κ1) is 9.85. The predicted molar refractivity (Wildman–Crippen MR) is 60.4 cm³/mol. The lowest BCUT2D eigenvalue weighted by molar-refractivity contribution is 0.336. The molecule has 1 aliphatic heterocycles. The van der Waals surface area contributed by atoms with Gasteiger partial charge in [0.1, 0.15) is 0 Å². The van der Waals surface area contributed by atoms with Gasteiger partial charge in [-0.1, -0.05) is 19.3 Å². The molecule has 1 aliphatic carbocycles. The van der Waals surface area contributed by atoms with Gasteiger partial charge in [-0.3, -0.25) is 0 Å². The number of hydrogen-bond acceptors (Lipinski definition) is 2. The third kappa shape index (κ3) is 3.17. The Kier molecular flexibility index (Phi) is 3.98. The fourth-order valence-corrected chi connectivity index (χ4v) is 3.56. The summed E-state index contributed by atoms with van der Waals surface area (Å²) in [6.07, 6.45) is 10.1. The molecule has 1 nitrogen and oxygen atoms in total. The molecule has 1 unspecified atom stereocenters. The van der Waals surface area contributed by atoms with Crippen LogP contribution in [-0.4, -0.2) is 23.6 Å². The monoisotopic (exact) mass is 199 g/mol. The van der Waals surface area contributed by atoms with Crippen LogP contribution >= 0.6 is 11.8 Å². The molecular formula is C11H21NS. The van der Waals surface area contributed by atoms with Crippen molar-refractivity contribution in [3.8, 4) is 0 Å². The van der Waals surface area contributed by atoms with E-state index in [1.807, 2.05) is 0 Å². The van der Waals surface area contributed by atoms with Crippen LogP contribution in [-0.2, 0) is 0 Å². The third-order valence-electron chi connectivity index (χ3n) is 3.24. The maximum absolute atomic E-state index is 3.84. The average molecular weight is 199 g/mol. The molecule has 2 heteroatoms. The van der Waals surface area contributed by atoms with Crippen molar-refractivity contribution in [2.75, 3.05) is 11.5 Å². The maximum Gasteiger partial charge on any atom is 0.0161 e. The molecule has 1 atom stereocenters. The summed E-state index contributed by atoms with van der Waals surface area (Å²) in [6.45, 7) is 0. The van der Waals surface area contributed by atoms with Crippen molar-refractivity contribution in [2.24, 2.45) is 0 Å². The van der Waals surface area contributed by atoms with Gasteiger partial charge >= 0.3 is 0 Å². The molecule has 1 saturated heterocycles. The van der Waals surface area contributed by atoms with Gasteiger partial charge < -0.3 is 5.32 Å². The smallest absolute Gasteiger partial charge is 0.0161 e. The molecule has 2 aliphatic rings.